The van der Waals surface area contributed by atoms with Gasteiger partial charge >= 0.3 is 11.9 Å². The third-order valence-electron chi connectivity index (χ3n) is 4.80. The summed E-state index contributed by atoms with van der Waals surface area (Å²) in [6.07, 6.45) is 2.73. The topological polar surface area (TPSA) is 109 Å². The molecule has 158 valence electrons. The van der Waals surface area contributed by atoms with Crippen LogP contribution >= 0.6 is 0 Å². The summed E-state index contributed by atoms with van der Waals surface area (Å²) >= 11 is 0. The number of pyridine rings is 1. The van der Waals surface area contributed by atoms with E-state index in [2.05, 4.69) is 10.3 Å². The number of rotatable bonds is 6. The fourth-order valence-corrected chi connectivity index (χ4v) is 3.36. The van der Waals surface area contributed by atoms with Gasteiger partial charge in [0.05, 0.1) is 24.4 Å². The van der Waals surface area contributed by atoms with Crippen LogP contribution in [0.15, 0.2) is 36.5 Å². The monoisotopic (exact) mass is 415 g/mol. The van der Waals surface area contributed by atoms with Gasteiger partial charge in [-0.2, -0.15) is 0 Å². The number of carboxylic acids is 1. The first-order chi connectivity index (χ1) is 14.4. The fourth-order valence-electron chi connectivity index (χ4n) is 3.36. The molecule has 0 bridgehead atoms. The quantitative estimate of drug-likeness (QED) is 0.698. The Morgan fingerprint density at radius 1 is 1.30 bits per heavy atom. The van der Waals surface area contributed by atoms with E-state index >= 15 is 0 Å². The molecule has 1 aromatic heterocycles. The van der Waals surface area contributed by atoms with Gasteiger partial charge < -0.3 is 20.1 Å². The number of carbonyl (C=O) groups excluding carboxylic acids is 2. The molecule has 1 amide bonds. The fraction of sp³-hybridized carbons (Fsp3) is 0.333. The SMILES string of the molecule is CCOC(=O)C1CCCN(c2ncc(NC(=O)c3ccc(F)cc3)cc2C(=O)O)C1. The van der Waals surface area contributed by atoms with Gasteiger partial charge in [0.15, 0.2) is 0 Å². The van der Waals surface area contributed by atoms with Gasteiger partial charge in [-0.1, -0.05) is 0 Å². The molecule has 1 aliphatic heterocycles. The minimum absolute atomic E-state index is 0.0867. The van der Waals surface area contributed by atoms with Crippen LogP contribution in [0.4, 0.5) is 15.9 Å². The Balaban J connectivity index is 1.79. The first-order valence-corrected chi connectivity index (χ1v) is 9.61. The highest BCUT2D eigenvalue weighted by Gasteiger charge is 2.29. The number of carbonyl (C=O) groups is 3. The maximum absolute atomic E-state index is 13.0. The van der Waals surface area contributed by atoms with E-state index in [0.717, 1.165) is 12.1 Å². The molecule has 1 aliphatic rings. The summed E-state index contributed by atoms with van der Waals surface area (Å²) in [6.45, 7) is 2.90. The highest BCUT2D eigenvalue weighted by atomic mass is 19.1. The number of carboxylic acid groups (broad SMARTS) is 1. The number of nitrogens with zero attached hydrogens (tertiary/aromatic N) is 2. The van der Waals surface area contributed by atoms with Crippen LogP contribution in [0.3, 0.4) is 0 Å². The summed E-state index contributed by atoms with van der Waals surface area (Å²) in [7, 11) is 0. The Morgan fingerprint density at radius 2 is 2.03 bits per heavy atom. The minimum atomic E-state index is -1.20. The van der Waals surface area contributed by atoms with Crippen molar-refractivity contribution < 1.29 is 28.6 Å². The maximum atomic E-state index is 13.0. The molecule has 1 atom stereocenters. The van der Waals surface area contributed by atoms with Crippen molar-refractivity contribution in [1.29, 1.82) is 0 Å². The summed E-state index contributed by atoms with van der Waals surface area (Å²) < 4.78 is 18.1. The highest BCUT2D eigenvalue weighted by Crippen LogP contribution is 2.27. The molecule has 2 heterocycles. The molecule has 0 spiro atoms. The van der Waals surface area contributed by atoms with Crippen molar-refractivity contribution >= 4 is 29.4 Å². The molecule has 0 radical (unpaired) electrons. The molecular weight excluding hydrogens is 393 g/mol. The van der Waals surface area contributed by atoms with Crippen LogP contribution in [0.5, 0.6) is 0 Å². The summed E-state index contributed by atoms with van der Waals surface area (Å²) in [4.78, 5) is 42.2. The number of anilines is 2. The van der Waals surface area contributed by atoms with Gasteiger partial charge in [-0.05, 0) is 50.1 Å². The van der Waals surface area contributed by atoms with Crippen LogP contribution < -0.4 is 10.2 Å². The number of halogens is 1. The zero-order valence-corrected chi connectivity index (χ0v) is 16.4. The summed E-state index contributed by atoms with van der Waals surface area (Å²) in [6, 6.07) is 6.30. The molecule has 1 saturated heterocycles. The van der Waals surface area contributed by atoms with E-state index in [9.17, 15) is 23.9 Å². The molecular formula is C21H22FN3O5. The highest BCUT2D eigenvalue weighted by molar-refractivity contribution is 6.05. The predicted octanol–water partition coefficient (Wildman–Crippen LogP) is 2.95. The second kappa shape index (κ2) is 9.34. The molecule has 9 heteroatoms. The average Bonchev–Trinajstić information content (AvgIpc) is 2.74. The van der Waals surface area contributed by atoms with Crippen molar-refractivity contribution in [2.24, 2.45) is 5.92 Å². The summed E-state index contributed by atoms with van der Waals surface area (Å²) in [5.74, 6) is -2.60. The number of amides is 1. The second-order valence-electron chi connectivity index (χ2n) is 6.90. The Labute approximate surface area is 172 Å². The van der Waals surface area contributed by atoms with Gasteiger partial charge in [0.2, 0.25) is 0 Å². The Kier molecular flexibility index (Phi) is 6.61. The standard InChI is InChI=1S/C21H22FN3O5/c1-2-30-21(29)14-4-3-9-25(12-14)18-17(20(27)28)10-16(11-23-18)24-19(26)13-5-7-15(22)8-6-13/h5-8,10-11,14H,2-4,9,12H2,1H3,(H,24,26)(H,27,28). The van der Waals surface area contributed by atoms with E-state index in [0.29, 0.717) is 25.9 Å². The lowest BCUT2D eigenvalue weighted by atomic mass is 9.98. The van der Waals surface area contributed by atoms with Crippen molar-refractivity contribution in [1.82, 2.24) is 4.98 Å². The van der Waals surface area contributed by atoms with Gasteiger partial charge in [0.1, 0.15) is 17.2 Å². The van der Waals surface area contributed by atoms with Crippen LogP contribution in [0, 0.1) is 11.7 Å². The smallest absolute Gasteiger partial charge is 0.339 e. The number of aromatic carboxylic acids is 1. The van der Waals surface area contributed by atoms with Gasteiger partial charge in [-0.25, -0.2) is 14.2 Å². The molecule has 1 fully saturated rings. The molecule has 2 aromatic rings. The van der Waals surface area contributed by atoms with E-state index in [1.165, 1.54) is 24.4 Å². The van der Waals surface area contributed by atoms with E-state index < -0.39 is 17.7 Å². The van der Waals surface area contributed by atoms with Crippen molar-refractivity contribution in [2.45, 2.75) is 19.8 Å². The zero-order chi connectivity index (χ0) is 21.7. The Hall–Kier alpha value is -3.49. The number of aromatic nitrogens is 1. The molecule has 2 N–H and O–H groups in total. The first kappa shape index (κ1) is 21.2. The Bertz CT molecular complexity index is 948. The van der Waals surface area contributed by atoms with E-state index in [-0.39, 0.29) is 41.1 Å². The number of hydrogen-bond donors (Lipinski definition) is 2. The normalized spacial score (nSPS) is 16.1. The zero-order valence-electron chi connectivity index (χ0n) is 16.4. The minimum Gasteiger partial charge on any atom is -0.478 e. The number of piperidine rings is 1. The van der Waals surface area contributed by atoms with Crippen molar-refractivity contribution in [3.63, 3.8) is 0 Å². The van der Waals surface area contributed by atoms with Crippen molar-refractivity contribution in [3.05, 3.63) is 53.5 Å². The van der Waals surface area contributed by atoms with Crippen LogP contribution in [0.25, 0.3) is 0 Å². The average molecular weight is 415 g/mol. The third kappa shape index (κ3) is 4.91. The van der Waals surface area contributed by atoms with E-state index in [1.807, 2.05) is 0 Å². The number of esters is 1. The largest absolute Gasteiger partial charge is 0.478 e. The maximum Gasteiger partial charge on any atom is 0.339 e. The molecule has 0 saturated carbocycles. The van der Waals surface area contributed by atoms with Crippen LogP contribution in [-0.2, 0) is 9.53 Å². The lowest BCUT2D eigenvalue weighted by Gasteiger charge is -2.33. The van der Waals surface area contributed by atoms with Gasteiger partial charge in [0.25, 0.3) is 5.91 Å². The summed E-state index contributed by atoms with van der Waals surface area (Å²) in [5.41, 5.74) is 0.339. The molecule has 1 aromatic carbocycles. The van der Waals surface area contributed by atoms with Crippen LogP contribution in [0.2, 0.25) is 0 Å². The van der Waals surface area contributed by atoms with Crippen molar-refractivity contribution in [2.75, 3.05) is 29.9 Å². The molecule has 1 unspecified atom stereocenters. The molecule has 0 aliphatic carbocycles. The number of nitrogens with one attached hydrogen (secondary N) is 1. The van der Waals surface area contributed by atoms with Gasteiger partial charge in [-0.3, -0.25) is 9.59 Å². The number of benzene rings is 1. The predicted molar refractivity (Wildman–Crippen MR) is 107 cm³/mol. The van der Waals surface area contributed by atoms with Crippen LogP contribution in [0.1, 0.15) is 40.5 Å². The molecule has 3 rings (SSSR count). The third-order valence-corrected chi connectivity index (χ3v) is 4.80. The lowest BCUT2D eigenvalue weighted by Crippen LogP contribution is -2.40. The first-order valence-electron chi connectivity index (χ1n) is 9.61. The van der Waals surface area contributed by atoms with Gasteiger partial charge in [-0.15, -0.1) is 0 Å². The summed E-state index contributed by atoms with van der Waals surface area (Å²) in [5, 5.41) is 12.2. The number of hydrogen-bond acceptors (Lipinski definition) is 6. The van der Waals surface area contributed by atoms with E-state index in [4.69, 9.17) is 4.74 Å². The lowest BCUT2D eigenvalue weighted by molar-refractivity contribution is -0.148. The van der Waals surface area contributed by atoms with E-state index in [1.54, 1.807) is 11.8 Å². The Morgan fingerprint density at radius 3 is 2.70 bits per heavy atom. The van der Waals surface area contributed by atoms with Gasteiger partial charge in [0, 0.05) is 18.7 Å². The molecule has 30 heavy (non-hydrogen) atoms. The molecule has 8 nitrogen and oxygen atoms in total. The van der Waals surface area contributed by atoms with Crippen molar-refractivity contribution in [3.8, 4) is 0 Å². The second-order valence-corrected chi connectivity index (χ2v) is 6.90. The number of ether oxygens (including phenoxy) is 1. The van der Waals surface area contributed by atoms with Crippen LogP contribution in [-0.4, -0.2) is 47.6 Å².